The largest absolute Gasteiger partial charge is 0.377 e. The van der Waals surface area contributed by atoms with Gasteiger partial charge in [0.1, 0.15) is 0 Å². The average Bonchev–Trinajstić information content (AvgIpc) is 2.78. The molecule has 0 aliphatic carbocycles. The Hall–Kier alpha value is -0.430. The molecular weight excluding hydrogens is 272 g/mol. The second kappa shape index (κ2) is 8.63. The number of ether oxygens (including phenoxy) is 1. The number of hydrogen-bond donors (Lipinski definition) is 0. The quantitative estimate of drug-likeness (QED) is 0.491. The number of rotatable bonds is 10. The fourth-order valence-electron chi connectivity index (χ4n) is 1.43. The van der Waals surface area contributed by atoms with Crippen LogP contribution in [0.2, 0.25) is 0 Å². The standard InChI is InChI=1S/C12H20O4S2/c1-18(13,14)16-8-5-3-2-4-7-15-10-12-6-9-17-11-12/h6,9,11H,2-5,7-8,10H2,1H3. The third-order valence-corrected chi connectivity index (χ3v) is 3.66. The van der Waals surface area contributed by atoms with Gasteiger partial charge < -0.3 is 4.74 Å². The van der Waals surface area contributed by atoms with E-state index in [4.69, 9.17) is 4.74 Å². The maximum Gasteiger partial charge on any atom is 0.264 e. The lowest BCUT2D eigenvalue weighted by molar-refractivity contribution is 0.116. The zero-order valence-electron chi connectivity index (χ0n) is 10.6. The summed E-state index contributed by atoms with van der Waals surface area (Å²) in [5.41, 5.74) is 1.22. The third kappa shape index (κ3) is 8.63. The van der Waals surface area contributed by atoms with Crippen molar-refractivity contribution in [2.75, 3.05) is 19.5 Å². The van der Waals surface area contributed by atoms with Crippen molar-refractivity contribution in [3.8, 4) is 0 Å². The van der Waals surface area contributed by atoms with Gasteiger partial charge in [0.15, 0.2) is 0 Å². The van der Waals surface area contributed by atoms with Crippen LogP contribution in [0.5, 0.6) is 0 Å². The van der Waals surface area contributed by atoms with Crippen LogP contribution in [-0.2, 0) is 25.6 Å². The molecule has 0 spiro atoms. The van der Waals surface area contributed by atoms with Crippen LogP contribution in [0, 0.1) is 0 Å². The summed E-state index contributed by atoms with van der Waals surface area (Å²) in [4.78, 5) is 0. The van der Waals surface area contributed by atoms with E-state index in [1.165, 1.54) is 5.56 Å². The van der Waals surface area contributed by atoms with Crippen molar-refractivity contribution in [3.63, 3.8) is 0 Å². The van der Waals surface area contributed by atoms with Crippen molar-refractivity contribution in [3.05, 3.63) is 22.4 Å². The van der Waals surface area contributed by atoms with Gasteiger partial charge >= 0.3 is 0 Å². The summed E-state index contributed by atoms with van der Waals surface area (Å²) in [6.45, 7) is 1.72. The highest BCUT2D eigenvalue weighted by atomic mass is 32.2. The summed E-state index contributed by atoms with van der Waals surface area (Å²) in [6.07, 6.45) is 4.86. The van der Waals surface area contributed by atoms with Gasteiger partial charge in [-0.05, 0) is 35.2 Å². The van der Waals surface area contributed by atoms with Gasteiger partial charge in [0.2, 0.25) is 0 Å². The Balaban J connectivity index is 1.84. The zero-order chi connectivity index (χ0) is 13.3. The highest BCUT2D eigenvalue weighted by Crippen LogP contribution is 2.08. The van der Waals surface area contributed by atoms with Crippen LogP contribution >= 0.6 is 11.3 Å². The Morgan fingerprint density at radius 3 is 2.50 bits per heavy atom. The molecule has 6 heteroatoms. The van der Waals surface area contributed by atoms with Crippen LogP contribution in [0.15, 0.2) is 16.8 Å². The van der Waals surface area contributed by atoms with Gasteiger partial charge in [-0.15, -0.1) is 0 Å². The second-order valence-corrected chi connectivity index (χ2v) is 6.55. The van der Waals surface area contributed by atoms with Crippen LogP contribution in [0.3, 0.4) is 0 Å². The van der Waals surface area contributed by atoms with Crippen LogP contribution in [0.25, 0.3) is 0 Å². The molecule has 4 nitrogen and oxygen atoms in total. The molecule has 1 aromatic rings. The van der Waals surface area contributed by atoms with Crippen LogP contribution in [0.1, 0.15) is 31.2 Å². The first kappa shape index (κ1) is 15.6. The van der Waals surface area contributed by atoms with Crippen molar-refractivity contribution in [1.29, 1.82) is 0 Å². The predicted octanol–water partition coefficient (Wildman–Crippen LogP) is 2.80. The van der Waals surface area contributed by atoms with Crippen molar-refractivity contribution < 1.29 is 17.3 Å². The van der Waals surface area contributed by atoms with Gasteiger partial charge in [0.25, 0.3) is 10.1 Å². The molecule has 0 N–H and O–H groups in total. The molecule has 1 heterocycles. The van der Waals surface area contributed by atoms with Crippen LogP contribution in [0.4, 0.5) is 0 Å². The monoisotopic (exact) mass is 292 g/mol. The van der Waals surface area contributed by atoms with E-state index in [0.29, 0.717) is 6.61 Å². The molecule has 0 fully saturated rings. The van der Waals surface area contributed by atoms with E-state index in [1.54, 1.807) is 11.3 Å². The lowest BCUT2D eigenvalue weighted by atomic mass is 10.2. The van der Waals surface area contributed by atoms with Gasteiger partial charge in [0.05, 0.1) is 19.5 Å². The summed E-state index contributed by atoms with van der Waals surface area (Å²) in [5, 5.41) is 4.13. The first-order chi connectivity index (χ1) is 8.58. The molecule has 0 aliphatic heterocycles. The second-order valence-electron chi connectivity index (χ2n) is 4.12. The van der Waals surface area contributed by atoms with Crippen molar-refractivity contribution >= 4 is 21.5 Å². The summed E-state index contributed by atoms with van der Waals surface area (Å²) < 4.78 is 31.5. The molecule has 104 valence electrons. The molecular formula is C12H20O4S2. The number of hydrogen-bond acceptors (Lipinski definition) is 5. The first-order valence-electron chi connectivity index (χ1n) is 6.01. The van der Waals surface area contributed by atoms with E-state index >= 15 is 0 Å². The molecule has 1 rings (SSSR count). The van der Waals surface area contributed by atoms with E-state index in [0.717, 1.165) is 38.5 Å². The molecule has 0 unspecified atom stereocenters. The molecule has 1 aromatic heterocycles. The Morgan fingerprint density at radius 1 is 1.17 bits per heavy atom. The first-order valence-corrected chi connectivity index (χ1v) is 8.77. The maximum absolute atomic E-state index is 10.7. The van der Waals surface area contributed by atoms with Gasteiger partial charge in [-0.2, -0.15) is 19.8 Å². The minimum absolute atomic E-state index is 0.286. The summed E-state index contributed by atoms with van der Waals surface area (Å²) >= 11 is 1.68. The Labute approximate surface area is 113 Å². The van der Waals surface area contributed by atoms with E-state index in [1.807, 2.05) is 5.38 Å². The van der Waals surface area contributed by atoms with Crippen molar-refractivity contribution in [2.24, 2.45) is 0 Å². The number of unbranched alkanes of at least 4 members (excludes halogenated alkanes) is 3. The Kier molecular flexibility index (Phi) is 7.50. The molecule has 18 heavy (non-hydrogen) atoms. The number of thiophene rings is 1. The molecule has 0 radical (unpaired) electrons. The SMILES string of the molecule is CS(=O)(=O)OCCCCCCOCc1ccsc1. The van der Waals surface area contributed by atoms with E-state index in [2.05, 4.69) is 15.6 Å². The third-order valence-electron chi connectivity index (χ3n) is 2.33. The summed E-state index contributed by atoms with van der Waals surface area (Å²) in [5.74, 6) is 0. The van der Waals surface area contributed by atoms with E-state index in [9.17, 15) is 8.42 Å². The molecule has 0 saturated heterocycles. The smallest absolute Gasteiger partial charge is 0.264 e. The lowest BCUT2D eigenvalue weighted by Crippen LogP contribution is -2.04. The fourth-order valence-corrected chi connectivity index (χ4v) is 2.51. The fraction of sp³-hybridized carbons (Fsp3) is 0.667. The highest BCUT2D eigenvalue weighted by Gasteiger charge is 2.00. The van der Waals surface area contributed by atoms with Crippen LogP contribution < -0.4 is 0 Å². The predicted molar refractivity (Wildman–Crippen MR) is 73.2 cm³/mol. The molecule has 0 aromatic carbocycles. The highest BCUT2D eigenvalue weighted by molar-refractivity contribution is 7.85. The minimum Gasteiger partial charge on any atom is -0.377 e. The van der Waals surface area contributed by atoms with E-state index in [-0.39, 0.29) is 6.61 Å². The van der Waals surface area contributed by atoms with Crippen LogP contribution in [-0.4, -0.2) is 27.9 Å². The van der Waals surface area contributed by atoms with Crippen molar-refractivity contribution in [2.45, 2.75) is 32.3 Å². The Morgan fingerprint density at radius 2 is 1.89 bits per heavy atom. The van der Waals surface area contributed by atoms with Gasteiger partial charge in [-0.1, -0.05) is 12.8 Å². The molecule has 0 saturated carbocycles. The molecule has 0 amide bonds. The zero-order valence-corrected chi connectivity index (χ0v) is 12.3. The van der Waals surface area contributed by atoms with Gasteiger partial charge in [-0.3, -0.25) is 4.18 Å². The van der Waals surface area contributed by atoms with E-state index < -0.39 is 10.1 Å². The summed E-state index contributed by atoms with van der Waals surface area (Å²) in [6, 6.07) is 2.06. The molecule has 0 aliphatic rings. The lowest BCUT2D eigenvalue weighted by Gasteiger charge is -2.03. The average molecular weight is 292 g/mol. The minimum atomic E-state index is -3.27. The normalized spacial score (nSPS) is 11.8. The topological polar surface area (TPSA) is 52.6 Å². The van der Waals surface area contributed by atoms with Gasteiger partial charge in [-0.25, -0.2) is 0 Å². The molecule has 0 bridgehead atoms. The maximum atomic E-state index is 10.7. The summed E-state index contributed by atoms with van der Waals surface area (Å²) in [7, 11) is -3.27. The van der Waals surface area contributed by atoms with Crippen molar-refractivity contribution in [1.82, 2.24) is 0 Å². The molecule has 0 atom stereocenters. The van der Waals surface area contributed by atoms with Gasteiger partial charge in [0, 0.05) is 6.61 Å². The Bertz CT molecular complexity index is 398.